The first kappa shape index (κ1) is 43.3. The number of rotatable bonds is 33. The Bertz CT molecular complexity index is 745. The van der Waals surface area contributed by atoms with Crippen LogP contribution in [0.25, 0.3) is 0 Å². The van der Waals surface area contributed by atoms with Gasteiger partial charge >= 0.3 is 0 Å². The molecule has 0 saturated heterocycles. The van der Waals surface area contributed by atoms with E-state index in [1.165, 1.54) is 96.3 Å². The average Bonchev–Trinajstić information content (AvgIpc) is 3.04. The Morgan fingerprint density at radius 1 is 0.533 bits per heavy atom. The van der Waals surface area contributed by atoms with Crippen molar-refractivity contribution in [1.82, 2.24) is 5.32 Å². The van der Waals surface area contributed by atoms with Crippen molar-refractivity contribution < 1.29 is 20.1 Å². The van der Waals surface area contributed by atoms with E-state index in [0.717, 1.165) is 57.8 Å². The molecule has 5 nitrogen and oxygen atoms in total. The highest BCUT2D eigenvalue weighted by molar-refractivity contribution is 5.80. The second kappa shape index (κ2) is 35.2. The molecular formula is C40H73NO4. The lowest BCUT2D eigenvalue weighted by Gasteiger charge is -2.21. The molecule has 0 fully saturated rings. The molecule has 45 heavy (non-hydrogen) atoms. The summed E-state index contributed by atoms with van der Waals surface area (Å²) in [5.74, 6) is -0.529. The quantitative estimate of drug-likeness (QED) is 0.0429. The number of carbonyl (C=O) groups excluding carboxylic acids is 1. The highest BCUT2D eigenvalue weighted by Crippen LogP contribution is 2.12. The Balaban J connectivity index is 3.85. The smallest absolute Gasteiger partial charge is 0.249 e. The predicted molar refractivity (Wildman–Crippen MR) is 194 cm³/mol. The van der Waals surface area contributed by atoms with Crippen molar-refractivity contribution in [2.45, 2.75) is 193 Å². The van der Waals surface area contributed by atoms with Gasteiger partial charge in [-0.2, -0.15) is 0 Å². The van der Waals surface area contributed by atoms with Crippen LogP contribution >= 0.6 is 0 Å². The summed E-state index contributed by atoms with van der Waals surface area (Å²) >= 11 is 0. The van der Waals surface area contributed by atoms with Gasteiger partial charge in [-0.05, 0) is 70.6 Å². The molecule has 0 aromatic heterocycles. The fraction of sp³-hybridized carbons (Fsp3) is 0.775. The summed E-state index contributed by atoms with van der Waals surface area (Å²) < 4.78 is 0. The number of nitrogens with one attached hydrogen (secondary N) is 1. The van der Waals surface area contributed by atoms with Gasteiger partial charge in [-0.3, -0.25) is 4.79 Å². The largest absolute Gasteiger partial charge is 0.394 e. The van der Waals surface area contributed by atoms with E-state index in [4.69, 9.17) is 0 Å². The molecule has 0 aliphatic carbocycles. The van der Waals surface area contributed by atoms with Gasteiger partial charge in [-0.1, -0.05) is 152 Å². The van der Waals surface area contributed by atoms with Crippen molar-refractivity contribution in [1.29, 1.82) is 0 Å². The number of carbonyl (C=O) groups is 1. The first-order valence-corrected chi connectivity index (χ1v) is 19.0. The molecule has 0 saturated carbocycles. The van der Waals surface area contributed by atoms with Crippen LogP contribution < -0.4 is 5.32 Å². The van der Waals surface area contributed by atoms with Crippen molar-refractivity contribution in [3.8, 4) is 0 Å². The molecule has 0 aliphatic rings. The van der Waals surface area contributed by atoms with Gasteiger partial charge in [0.25, 0.3) is 0 Å². The molecule has 3 unspecified atom stereocenters. The Morgan fingerprint density at radius 2 is 0.911 bits per heavy atom. The number of amides is 1. The van der Waals surface area contributed by atoms with Crippen molar-refractivity contribution in [2.24, 2.45) is 0 Å². The van der Waals surface area contributed by atoms with Crippen molar-refractivity contribution in [3.63, 3.8) is 0 Å². The number of allylic oxidation sites excluding steroid dienone is 7. The second-order valence-electron chi connectivity index (χ2n) is 12.8. The molecule has 5 heteroatoms. The van der Waals surface area contributed by atoms with Gasteiger partial charge < -0.3 is 20.6 Å². The maximum absolute atomic E-state index is 12.4. The van der Waals surface area contributed by atoms with E-state index in [0.29, 0.717) is 6.42 Å². The van der Waals surface area contributed by atoms with Gasteiger partial charge in [0, 0.05) is 0 Å². The maximum Gasteiger partial charge on any atom is 0.249 e. The summed E-state index contributed by atoms with van der Waals surface area (Å²) in [6.07, 6.45) is 44.1. The molecule has 0 spiro atoms. The topological polar surface area (TPSA) is 89.8 Å². The van der Waals surface area contributed by atoms with Crippen molar-refractivity contribution in [3.05, 3.63) is 48.6 Å². The molecule has 1 amide bonds. The molecule has 0 aliphatic heterocycles. The fourth-order valence-corrected chi connectivity index (χ4v) is 5.33. The van der Waals surface area contributed by atoms with E-state index >= 15 is 0 Å². The third kappa shape index (κ3) is 30.7. The number of hydrogen-bond donors (Lipinski definition) is 4. The van der Waals surface area contributed by atoms with Gasteiger partial charge in [-0.25, -0.2) is 0 Å². The van der Waals surface area contributed by atoms with Crippen LogP contribution in [0, 0.1) is 0 Å². The molecule has 0 radical (unpaired) electrons. The Labute approximate surface area is 278 Å². The van der Waals surface area contributed by atoms with Crippen LogP contribution in [0.2, 0.25) is 0 Å². The molecule has 3 atom stereocenters. The van der Waals surface area contributed by atoms with E-state index in [2.05, 4.69) is 55.6 Å². The van der Waals surface area contributed by atoms with E-state index in [9.17, 15) is 20.1 Å². The Kier molecular flexibility index (Phi) is 33.8. The number of aliphatic hydroxyl groups excluding tert-OH is 3. The van der Waals surface area contributed by atoms with Gasteiger partial charge in [0.2, 0.25) is 5.91 Å². The third-order valence-electron chi connectivity index (χ3n) is 8.37. The van der Waals surface area contributed by atoms with Crippen LogP contribution in [0.15, 0.2) is 48.6 Å². The molecule has 0 aromatic carbocycles. The Morgan fingerprint density at radius 3 is 1.36 bits per heavy atom. The van der Waals surface area contributed by atoms with Crippen LogP contribution in [-0.2, 0) is 4.79 Å². The number of hydrogen-bond acceptors (Lipinski definition) is 4. The molecule has 4 N–H and O–H groups in total. The first-order chi connectivity index (χ1) is 22.1. The van der Waals surface area contributed by atoms with Gasteiger partial charge in [0.1, 0.15) is 6.10 Å². The molecular weight excluding hydrogens is 558 g/mol. The predicted octanol–water partition coefficient (Wildman–Crippen LogP) is 10.2. The zero-order valence-corrected chi connectivity index (χ0v) is 29.5. The lowest BCUT2D eigenvalue weighted by molar-refractivity contribution is -0.131. The zero-order chi connectivity index (χ0) is 33.1. The second-order valence-corrected chi connectivity index (χ2v) is 12.8. The zero-order valence-electron chi connectivity index (χ0n) is 29.5. The number of aliphatic hydroxyl groups is 3. The van der Waals surface area contributed by atoms with Gasteiger partial charge in [0.05, 0.1) is 18.8 Å². The van der Waals surface area contributed by atoms with E-state index in [1.54, 1.807) is 6.08 Å². The van der Waals surface area contributed by atoms with Crippen molar-refractivity contribution in [2.75, 3.05) is 6.61 Å². The molecule has 0 heterocycles. The third-order valence-corrected chi connectivity index (χ3v) is 8.37. The highest BCUT2D eigenvalue weighted by atomic mass is 16.3. The van der Waals surface area contributed by atoms with Crippen LogP contribution in [-0.4, -0.2) is 46.1 Å². The van der Waals surface area contributed by atoms with Gasteiger partial charge in [-0.15, -0.1) is 0 Å². The van der Waals surface area contributed by atoms with Crippen molar-refractivity contribution >= 4 is 5.91 Å². The van der Waals surface area contributed by atoms with E-state index in [-0.39, 0.29) is 6.61 Å². The molecule has 0 rings (SSSR count). The molecule has 0 aromatic rings. The minimum atomic E-state index is -1.12. The highest BCUT2D eigenvalue weighted by Gasteiger charge is 2.22. The lowest BCUT2D eigenvalue weighted by atomic mass is 10.1. The summed E-state index contributed by atoms with van der Waals surface area (Å²) in [4.78, 5) is 12.4. The number of unbranched alkanes of at least 4 members (excludes halogenated alkanes) is 19. The summed E-state index contributed by atoms with van der Waals surface area (Å²) in [6, 6.07) is -0.824. The summed E-state index contributed by atoms with van der Waals surface area (Å²) in [7, 11) is 0. The molecule has 0 bridgehead atoms. The summed E-state index contributed by atoms with van der Waals surface area (Å²) in [5, 5.41) is 32.9. The summed E-state index contributed by atoms with van der Waals surface area (Å²) in [5.41, 5.74) is 0. The normalized spacial score (nSPS) is 14.3. The van der Waals surface area contributed by atoms with Crippen LogP contribution in [0.5, 0.6) is 0 Å². The minimum absolute atomic E-state index is 0.386. The van der Waals surface area contributed by atoms with Crippen LogP contribution in [0.1, 0.15) is 174 Å². The molecule has 262 valence electrons. The monoisotopic (exact) mass is 632 g/mol. The SMILES string of the molecule is CCCCCCCC/C=C/CC/C=C/CC/C=C/C(O)C(CO)NC(=O)C(O)CCCCCC/C=C\CCCCCCCCC. The maximum atomic E-state index is 12.4. The summed E-state index contributed by atoms with van der Waals surface area (Å²) in [6.45, 7) is 4.12. The minimum Gasteiger partial charge on any atom is -0.394 e. The van der Waals surface area contributed by atoms with Crippen LogP contribution in [0.4, 0.5) is 0 Å². The lowest BCUT2D eigenvalue weighted by Crippen LogP contribution is -2.48. The standard InChI is InChI=1S/C40H73NO4/c1-3-5-7-9-11-13-15-17-19-21-22-24-26-28-30-32-34-38(43)37(36-42)41-40(45)39(44)35-33-31-29-27-25-23-20-18-16-14-12-10-8-6-4-2/h17,19-20,23-24,26,32,34,37-39,42-44H,3-16,18,21-22,25,27-31,33,35-36H2,1-2H3,(H,41,45)/b19-17+,23-20-,26-24+,34-32+. The first-order valence-electron chi connectivity index (χ1n) is 19.0. The average molecular weight is 632 g/mol. The van der Waals surface area contributed by atoms with Gasteiger partial charge in [0.15, 0.2) is 0 Å². The fourth-order valence-electron chi connectivity index (χ4n) is 5.33. The Hall–Kier alpha value is -1.69. The van der Waals surface area contributed by atoms with Crippen LogP contribution in [0.3, 0.4) is 0 Å². The van der Waals surface area contributed by atoms with E-state index in [1.807, 2.05) is 6.08 Å². The van der Waals surface area contributed by atoms with E-state index < -0.39 is 24.2 Å².